The fourth-order valence-corrected chi connectivity index (χ4v) is 2.13. The Hall–Kier alpha value is -2.11. The molecule has 0 aliphatic carbocycles. The van der Waals surface area contributed by atoms with Gasteiger partial charge >= 0.3 is 0 Å². The number of rotatable bonds is 8. The van der Waals surface area contributed by atoms with Crippen LogP contribution in [0, 0.1) is 0 Å². The van der Waals surface area contributed by atoms with E-state index in [0.29, 0.717) is 17.8 Å². The molecular formula is C15H23N5O. The van der Waals surface area contributed by atoms with E-state index >= 15 is 0 Å². The summed E-state index contributed by atoms with van der Waals surface area (Å²) in [4.78, 5) is 16.6. The maximum absolute atomic E-state index is 12.3. The molecule has 0 saturated carbocycles. The SMILES string of the molecule is CCCCNC(=O)c1cnc2[nH]ncc2c1NCCCC. The van der Waals surface area contributed by atoms with Crippen LogP contribution in [-0.4, -0.2) is 34.2 Å². The van der Waals surface area contributed by atoms with Gasteiger partial charge in [0.2, 0.25) is 0 Å². The summed E-state index contributed by atoms with van der Waals surface area (Å²) in [6.45, 7) is 5.76. The third-order valence-corrected chi connectivity index (χ3v) is 3.37. The monoisotopic (exact) mass is 289 g/mol. The molecule has 3 N–H and O–H groups in total. The average Bonchev–Trinajstić information content (AvgIpc) is 2.96. The predicted octanol–water partition coefficient (Wildman–Crippen LogP) is 2.70. The van der Waals surface area contributed by atoms with E-state index in [-0.39, 0.29) is 5.91 Å². The smallest absolute Gasteiger partial charge is 0.254 e. The van der Waals surface area contributed by atoms with E-state index in [1.165, 1.54) is 0 Å². The van der Waals surface area contributed by atoms with Crippen LogP contribution in [0.25, 0.3) is 11.0 Å². The first kappa shape index (κ1) is 15.3. The van der Waals surface area contributed by atoms with Gasteiger partial charge in [-0.2, -0.15) is 5.10 Å². The highest BCUT2D eigenvalue weighted by molar-refractivity contribution is 6.06. The molecule has 0 aliphatic heterocycles. The Labute approximate surface area is 124 Å². The lowest BCUT2D eigenvalue weighted by atomic mass is 10.1. The van der Waals surface area contributed by atoms with E-state index in [2.05, 4.69) is 39.7 Å². The van der Waals surface area contributed by atoms with Crippen molar-refractivity contribution in [2.24, 2.45) is 0 Å². The Morgan fingerprint density at radius 3 is 2.71 bits per heavy atom. The maximum Gasteiger partial charge on any atom is 0.254 e. The van der Waals surface area contributed by atoms with Crippen molar-refractivity contribution in [3.63, 3.8) is 0 Å². The standard InChI is InChI=1S/C15H23N5O/c1-3-5-7-16-13-11-10-19-20-14(11)18-9-12(13)15(21)17-8-6-4-2/h9-10H,3-8H2,1-2H3,(H,17,21)(H2,16,18,19,20). The van der Waals surface area contributed by atoms with Gasteiger partial charge < -0.3 is 10.6 Å². The van der Waals surface area contributed by atoms with E-state index in [9.17, 15) is 4.79 Å². The number of nitrogens with one attached hydrogen (secondary N) is 3. The Bertz CT molecular complexity index is 593. The fraction of sp³-hybridized carbons (Fsp3) is 0.533. The highest BCUT2D eigenvalue weighted by Crippen LogP contribution is 2.24. The zero-order valence-corrected chi connectivity index (χ0v) is 12.7. The van der Waals surface area contributed by atoms with Crippen LogP contribution in [-0.2, 0) is 0 Å². The molecule has 0 aliphatic rings. The van der Waals surface area contributed by atoms with E-state index in [0.717, 1.165) is 43.3 Å². The van der Waals surface area contributed by atoms with Crippen molar-refractivity contribution in [1.82, 2.24) is 20.5 Å². The molecule has 2 aromatic heterocycles. The molecule has 2 aromatic rings. The summed E-state index contributed by atoms with van der Waals surface area (Å²) in [5.41, 5.74) is 2.09. The number of aromatic nitrogens is 3. The number of carbonyl (C=O) groups is 1. The van der Waals surface area contributed by atoms with Gasteiger partial charge in [-0.3, -0.25) is 9.89 Å². The van der Waals surface area contributed by atoms with Gasteiger partial charge in [-0.25, -0.2) is 4.98 Å². The van der Waals surface area contributed by atoms with Crippen LogP contribution >= 0.6 is 0 Å². The third kappa shape index (κ3) is 3.71. The minimum absolute atomic E-state index is 0.0851. The first-order valence-electron chi connectivity index (χ1n) is 7.62. The zero-order valence-electron chi connectivity index (χ0n) is 12.7. The number of carbonyl (C=O) groups excluding carboxylic acids is 1. The highest BCUT2D eigenvalue weighted by atomic mass is 16.1. The Morgan fingerprint density at radius 2 is 1.95 bits per heavy atom. The summed E-state index contributed by atoms with van der Waals surface area (Å²) < 4.78 is 0. The normalized spacial score (nSPS) is 10.8. The summed E-state index contributed by atoms with van der Waals surface area (Å²) in [6, 6.07) is 0. The molecule has 0 aromatic carbocycles. The summed E-state index contributed by atoms with van der Waals surface area (Å²) in [6.07, 6.45) is 7.51. The van der Waals surface area contributed by atoms with Crippen molar-refractivity contribution < 1.29 is 4.79 Å². The Kier molecular flexibility index (Phi) is 5.54. The van der Waals surface area contributed by atoms with E-state index < -0.39 is 0 Å². The van der Waals surface area contributed by atoms with Crippen LogP contribution in [0.3, 0.4) is 0 Å². The van der Waals surface area contributed by atoms with Crippen LogP contribution in [0.4, 0.5) is 5.69 Å². The van der Waals surface area contributed by atoms with Crippen LogP contribution < -0.4 is 10.6 Å². The summed E-state index contributed by atoms with van der Waals surface area (Å²) in [5, 5.41) is 14.0. The molecule has 0 unspecified atom stereocenters. The van der Waals surface area contributed by atoms with Crippen molar-refractivity contribution in [3.8, 4) is 0 Å². The minimum atomic E-state index is -0.0851. The average molecular weight is 289 g/mol. The second-order valence-corrected chi connectivity index (χ2v) is 5.07. The second-order valence-electron chi connectivity index (χ2n) is 5.07. The number of unbranched alkanes of at least 4 members (excludes halogenated alkanes) is 2. The first-order valence-corrected chi connectivity index (χ1v) is 7.62. The molecular weight excluding hydrogens is 266 g/mol. The predicted molar refractivity (Wildman–Crippen MR) is 84.5 cm³/mol. The number of aromatic amines is 1. The van der Waals surface area contributed by atoms with Crippen molar-refractivity contribution in [2.75, 3.05) is 18.4 Å². The summed E-state index contributed by atoms with van der Waals surface area (Å²) in [5.74, 6) is -0.0851. The number of hydrogen-bond donors (Lipinski definition) is 3. The number of amides is 1. The Balaban J connectivity index is 2.23. The number of H-pyrrole nitrogens is 1. The molecule has 2 rings (SSSR count). The minimum Gasteiger partial charge on any atom is -0.384 e. The van der Waals surface area contributed by atoms with E-state index in [1.807, 2.05) is 0 Å². The molecule has 0 radical (unpaired) electrons. The van der Waals surface area contributed by atoms with Crippen molar-refractivity contribution in [3.05, 3.63) is 18.0 Å². The van der Waals surface area contributed by atoms with Gasteiger partial charge in [-0.1, -0.05) is 26.7 Å². The van der Waals surface area contributed by atoms with Crippen molar-refractivity contribution in [1.29, 1.82) is 0 Å². The van der Waals surface area contributed by atoms with Crippen molar-refractivity contribution in [2.45, 2.75) is 39.5 Å². The van der Waals surface area contributed by atoms with Gasteiger partial charge in [0.05, 0.1) is 22.8 Å². The van der Waals surface area contributed by atoms with Crippen LogP contribution in [0.1, 0.15) is 49.9 Å². The number of fused-ring (bicyclic) bond motifs is 1. The number of nitrogens with zero attached hydrogens (tertiary/aromatic N) is 2. The van der Waals surface area contributed by atoms with Gasteiger partial charge in [-0.15, -0.1) is 0 Å². The molecule has 0 fully saturated rings. The number of anilines is 1. The van der Waals surface area contributed by atoms with Crippen LogP contribution in [0.2, 0.25) is 0 Å². The van der Waals surface area contributed by atoms with Gasteiger partial charge in [0.15, 0.2) is 5.65 Å². The summed E-state index contributed by atoms with van der Waals surface area (Å²) >= 11 is 0. The maximum atomic E-state index is 12.3. The number of hydrogen-bond acceptors (Lipinski definition) is 4. The first-order chi connectivity index (χ1) is 10.3. The van der Waals surface area contributed by atoms with Crippen LogP contribution in [0.5, 0.6) is 0 Å². The van der Waals surface area contributed by atoms with Gasteiger partial charge in [-0.05, 0) is 12.8 Å². The van der Waals surface area contributed by atoms with Crippen molar-refractivity contribution >= 4 is 22.6 Å². The third-order valence-electron chi connectivity index (χ3n) is 3.37. The molecule has 1 amide bonds. The van der Waals surface area contributed by atoms with Gasteiger partial charge in [0.1, 0.15) is 0 Å². The van der Waals surface area contributed by atoms with Gasteiger partial charge in [0.25, 0.3) is 5.91 Å². The Morgan fingerprint density at radius 1 is 1.19 bits per heavy atom. The quantitative estimate of drug-likeness (QED) is 0.652. The summed E-state index contributed by atoms with van der Waals surface area (Å²) in [7, 11) is 0. The molecule has 0 saturated heterocycles. The highest BCUT2D eigenvalue weighted by Gasteiger charge is 2.15. The zero-order chi connectivity index (χ0) is 15.1. The lowest BCUT2D eigenvalue weighted by molar-refractivity contribution is 0.0953. The molecule has 0 spiro atoms. The van der Waals surface area contributed by atoms with E-state index in [1.54, 1.807) is 12.4 Å². The largest absolute Gasteiger partial charge is 0.384 e. The fourth-order valence-electron chi connectivity index (χ4n) is 2.13. The topological polar surface area (TPSA) is 82.7 Å². The van der Waals surface area contributed by atoms with E-state index in [4.69, 9.17) is 0 Å². The van der Waals surface area contributed by atoms with Crippen LogP contribution in [0.15, 0.2) is 12.4 Å². The molecule has 0 bridgehead atoms. The second kappa shape index (κ2) is 7.61. The molecule has 6 heteroatoms. The molecule has 6 nitrogen and oxygen atoms in total. The lowest BCUT2D eigenvalue weighted by Gasteiger charge is -2.12. The lowest BCUT2D eigenvalue weighted by Crippen LogP contribution is -2.25. The molecule has 21 heavy (non-hydrogen) atoms. The molecule has 114 valence electrons. The van der Waals surface area contributed by atoms with Gasteiger partial charge in [0, 0.05) is 19.3 Å². The molecule has 0 atom stereocenters. The molecule has 2 heterocycles. The number of pyridine rings is 1.